The summed E-state index contributed by atoms with van der Waals surface area (Å²) in [5, 5.41) is 6.85. The summed E-state index contributed by atoms with van der Waals surface area (Å²) >= 11 is 0. The molecule has 7 heteroatoms. The average molecular weight is 470 g/mol. The minimum absolute atomic E-state index is 0. The Morgan fingerprint density at radius 2 is 1.84 bits per heavy atom. The van der Waals surface area contributed by atoms with E-state index >= 15 is 0 Å². The van der Waals surface area contributed by atoms with Crippen molar-refractivity contribution in [1.29, 1.82) is 0 Å². The quantitative estimate of drug-likeness (QED) is 0.210. The third kappa shape index (κ3) is 11.2. The first kappa shape index (κ1) is 24.9. The van der Waals surface area contributed by atoms with Crippen molar-refractivity contribution in [2.75, 3.05) is 59.7 Å². The smallest absolute Gasteiger partial charge is 0.191 e. The summed E-state index contributed by atoms with van der Waals surface area (Å²) < 4.78 is 11.0. The topological polar surface area (TPSA) is 58.1 Å². The lowest BCUT2D eigenvalue weighted by atomic mass is 10.0. The van der Waals surface area contributed by atoms with Gasteiger partial charge in [-0.15, -0.1) is 24.0 Å². The van der Waals surface area contributed by atoms with E-state index in [2.05, 4.69) is 41.3 Å². The van der Waals surface area contributed by atoms with Crippen molar-refractivity contribution in [1.82, 2.24) is 15.5 Å². The molecule has 1 rings (SSSR count). The number of aliphatic imine (C=N–C) groups is 1. The van der Waals surface area contributed by atoms with E-state index in [9.17, 15) is 0 Å². The highest BCUT2D eigenvalue weighted by atomic mass is 127. The second-order valence-electron chi connectivity index (χ2n) is 6.66. The van der Waals surface area contributed by atoms with Gasteiger partial charge in [-0.05, 0) is 18.8 Å². The second kappa shape index (κ2) is 16.1. The molecule has 1 heterocycles. The molecule has 1 aliphatic heterocycles. The molecule has 0 spiro atoms. The summed E-state index contributed by atoms with van der Waals surface area (Å²) in [5.74, 6) is 1.48. The van der Waals surface area contributed by atoms with Crippen LogP contribution in [0.1, 0.15) is 40.0 Å². The Morgan fingerprint density at radius 1 is 1.16 bits per heavy atom. The van der Waals surface area contributed by atoms with E-state index < -0.39 is 0 Å². The maximum Gasteiger partial charge on any atom is 0.191 e. The molecular weight excluding hydrogens is 431 g/mol. The van der Waals surface area contributed by atoms with Gasteiger partial charge in [0.1, 0.15) is 0 Å². The van der Waals surface area contributed by atoms with Gasteiger partial charge >= 0.3 is 0 Å². The maximum atomic E-state index is 5.58. The number of rotatable bonds is 11. The average Bonchev–Trinajstić information content (AvgIpc) is 2.60. The zero-order chi connectivity index (χ0) is 17.6. The fourth-order valence-electron chi connectivity index (χ4n) is 2.85. The number of guanidine groups is 1. The van der Waals surface area contributed by atoms with E-state index in [1.165, 1.54) is 6.42 Å². The monoisotopic (exact) mass is 470 g/mol. The number of hydrogen-bond acceptors (Lipinski definition) is 4. The Labute approximate surface area is 171 Å². The number of unbranched alkanes of at least 4 members (excludes halogenated alkanes) is 1. The fraction of sp³-hybridized carbons (Fsp3) is 0.944. The lowest BCUT2D eigenvalue weighted by molar-refractivity contribution is 0.00752. The largest absolute Gasteiger partial charge is 0.381 e. The van der Waals surface area contributed by atoms with Gasteiger partial charge in [-0.1, -0.05) is 27.2 Å². The van der Waals surface area contributed by atoms with Gasteiger partial charge in [0.2, 0.25) is 0 Å². The number of ether oxygens (including phenoxy) is 2. The molecule has 25 heavy (non-hydrogen) atoms. The summed E-state index contributed by atoms with van der Waals surface area (Å²) in [5.41, 5.74) is 0. The summed E-state index contributed by atoms with van der Waals surface area (Å²) in [6.45, 7) is 13.9. The van der Waals surface area contributed by atoms with Crippen molar-refractivity contribution in [2.24, 2.45) is 10.9 Å². The van der Waals surface area contributed by atoms with E-state index in [1.807, 2.05) is 7.05 Å². The van der Waals surface area contributed by atoms with Crippen LogP contribution in [0.5, 0.6) is 0 Å². The first-order valence-electron chi connectivity index (χ1n) is 9.53. The standard InChI is InChI=1S/C18H38N4O2.HI/c1-5-6-11-23-12-7-8-20-18(19-4)21-15-17(16(2)3)22-9-13-24-14-10-22;/h16-17H,5-15H2,1-4H3,(H2,19,20,21);1H. The maximum absolute atomic E-state index is 5.58. The van der Waals surface area contributed by atoms with E-state index in [-0.39, 0.29) is 24.0 Å². The van der Waals surface area contributed by atoms with Crippen LogP contribution < -0.4 is 10.6 Å². The zero-order valence-corrected chi connectivity index (χ0v) is 18.9. The molecule has 0 aromatic rings. The van der Waals surface area contributed by atoms with E-state index in [1.54, 1.807) is 0 Å². The van der Waals surface area contributed by atoms with E-state index in [0.29, 0.717) is 12.0 Å². The fourth-order valence-corrected chi connectivity index (χ4v) is 2.85. The van der Waals surface area contributed by atoms with Crippen LogP contribution in [0.3, 0.4) is 0 Å². The van der Waals surface area contributed by atoms with Gasteiger partial charge < -0.3 is 20.1 Å². The third-order valence-corrected chi connectivity index (χ3v) is 4.39. The summed E-state index contributed by atoms with van der Waals surface area (Å²) in [6, 6.07) is 0.504. The molecule has 0 aliphatic carbocycles. The minimum Gasteiger partial charge on any atom is -0.381 e. The number of hydrogen-bond donors (Lipinski definition) is 2. The molecule has 150 valence electrons. The van der Waals surface area contributed by atoms with Crippen molar-refractivity contribution in [2.45, 2.75) is 46.1 Å². The lowest BCUT2D eigenvalue weighted by Crippen LogP contribution is -2.52. The van der Waals surface area contributed by atoms with Crippen LogP contribution in [0.25, 0.3) is 0 Å². The molecule has 2 N–H and O–H groups in total. The number of nitrogens with one attached hydrogen (secondary N) is 2. The van der Waals surface area contributed by atoms with Gasteiger partial charge in [-0.25, -0.2) is 0 Å². The Balaban J connectivity index is 0.00000576. The van der Waals surface area contributed by atoms with E-state index in [4.69, 9.17) is 9.47 Å². The third-order valence-electron chi connectivity index (χ3n) is 4.39. The molecule has 0 amide bonds. The number of halogens is 1. The van der Waals surface area contributed by atoms with Gasteiger partial charge in [-0.2, -0.15) is 0 Å². The van der Waals surface area contributed by atoms with Crippen molar-refractivity contribution in [3.05, 3.63) is 0 Å². The van der Waals surface area contributed by atoms with Crippen molar-refractivity contribution >= 4 is 29.9 Å². The Hall–Kier alpha value is -0.120. The zero-order valence-electron chi connectivity index (χ0n) is 16.6. The summed E-state index contributed by atoms with van der Waals surface area (Å²) in [7, 11) is 1.83. The molecule has 0 aromatic carbocycles. The molecule has 1 aliphatic rings. The van der Waals surface area contributed by atoms with Crippen LogP contribution in [0.15, 0.2) is 4.99 Å². The molecule has 6 nitrogen and oxygen atoms in total. The lowest BCUT2D eigenvalue weighted by Gasteiger charge is -2.37. The number of nitrogens with zero attached hydrogens (tertiary/aromatic N) is 2. The molecule has 1 saturated heterocycles. The van der Waals surface area contributed by atoms with Crippen molar-refractivity contribution < 1.29 is 9.47 Å². The minimum atomic E-state index is 0. The normalized spacial score (nSPS) is 17.2. The van der Waals surface area contributed by atoms with Gasteiger partial charge in [-0.3, -0.25) is 9.89 Å². The Bertz CT molecular complexity index is 337. The van der Waals surface area contributed by atoms with Crippen molar-refractivity contribution in [3.63, 3.8) is 0 Å². The second-order valence-corrected chi connectivity index (χ2v) is 6.66. The summed E-state index contributed by atoms with van der Waals surface area (Å²) in [4.78, 5) is 6.85. The van der Waals surface area contributed by atoms with Gasteiger partial charge in [0.05, 0.1) is 13.2 Å². The highest BCUT2D eigenvalue weighted by Crippen LogP contribution is 2.12. The van der Waals surface area contributed by atoms with Gasteiger partial charge in [0.15, 0.2) is 5.96 Å². The first-order chi connectivity index (χ1) is 11.7. The Morgan fingerprint density at radius 3 is 2.44 bits per heavy atom. The first-order valence-corrected chi connectivity index (χ1v) is 9.53. The van der Waals surface area contributed by atoms with E-state index in [0.717, 1.165) is 71.4 Å². The van der Waals surface area contributed by atoms with Gasteiger partial charge in [0, 0.05) is 52.5 Å². The molecule has 1 atom stereocenters. The molecule has 1 unspecified atom stereocenters. The van der Waals surface area contributed by atoms with Crippen LogP contribution in [0.4, 0.5) is 0 Å². The van der Waals surface area contributed by atoms with Crippen LogP contribution in [-0.2, 0) is 9.47 Å². The van der Waals surface area contributed by atoms with Crippen LogP contribution >= 0.6 is 24.0 Å². The van der Waals surface area contributed by atoms with Crippen LogP contribution in [0.2, 0.25) is 0 Å². The molecule has 1 fully saturated rings. The van der Waals surface area contributed by atoms with Crippen LogP contribution in [0, 0.1) is 5.92 Å². The molecule has 0 radical (unpaired) electrons. The predicted octanol–water partition coefficient (Wildman–Crippen LogP) is 2.33. The SMILES string of the molecule is CCCCOCCCNC(=NC)NCC(C(C)C)N1CCOCC1.I. The number of morpholine rings is 1. The molecule has 0 bridgehead atoms. The molecule has 0 aromatic heterocycles. The van der Waals surface area contributed by atoms with Crippen LogP contribution in [-0.4, -0.2) is 76.6 Å². The molecular formula is C18H39IN4O2. The van der Waals surface area contributed by atoms with Gasteiger partial charge in [0.25, 0.3) is 0 Å². The Kier molecular flexibility index (Phi) is 16.0. The summed E-state index contributed by atoms with van der Waals surface area (Å²) in [6.07, 6.45) is 3.34. The molecule has 0 saturated carbocycles. The van der Waals surface area contributed by atoms with Crippen molar-refractivity contribution in [3.8, 4) is 0 Å². The highest BCUT2D eigenvalue weighted by Gasteiger charge is 2.23. The highest BCUT2D eigenvalue weighted by molar-refractivity contribution is 14.0. The predicted molar refractivity (Wildman–Crippen MR) is 116 cm³/mol.